The molecular formula is C13H15NO. The minimum Gasteiger partial charge on any atom is -0.376 e. The van der Waals surface area contributed by atoms with Crippen LogP contribution in [0, 0.1) is 16.7 Å². The van der Waals surface area contributed by atoms with Gasteiger partial charge in [0.2, 0.25) is 0 Å². The highest BCUT2D eigenvalue weighted by atomic mass is 16.5. The van der Waals surface area contributed by atoms with Gasteiger partial charge in [0.1, 0.15) is 0 Å². The molecule has 2 rings (SSSR count). The lowest BCUT2D eigenvalue weighted by Crippen LogP contribution is -2.09. The molecule has 1 aromatic carbocycles. The zero-order valence-electron chi connectivity index (χ0n) is 8.78. The lowest BCUT2D eigenvalue weighted by molar-refractivity contribution is 0.0795. The summed E-state index contributed by atoms with van der Waals surface area (Å²) < 4.78 is 5.65. The highest BCUT2D eigenvalue weighted by Gasteiger charge is 2.42. The Bertz CT molecular complexity index is 349. The Kier molecular flexibility index (Phi) is 3.03. The minimum atomic E-state index is 0.198. The van der Waals surface area contributed by atoms with Gasteiger partial charge in [-0.3, -0.25) is 0 Å². The van der Waals surface area contributed by atoms with Crippen LogP contribution in [0.5, 0.6) is 0 Å². The normalized spacial score (nSPS) is 17.0. The molecule has 1 aromatic rings. The predicted octanol–water partition coefficient (Wildman–Crippen LogP) is 2.90. The van der Waals surface area contributed by atoms with E-state index in [-0.39, 0.29) is 5.41 Å². The third kappa shape index (κ3) is 2.81. The summed E-state index contributed by atoms with van der Waals surface area (Å²) in [5, 5.41) is 8.65. The van der Waals surface area contributed by atoms with Gasteiger partial charge in [0, 0.05) is 11.8 Å². The quantitative estimate of drug-likeness (QED) is 0.733. The van der Waals surface area contributed by atoms with E-state index in [1.165, 1.54) is 5.56 Å². The summed E-state index contributed by atoms with van der Waals surface area (Å²) in [6, 6.07) is 12.4. The molecule has 0 spiro atoms. The van der Waals surface area contributed by atoms with Crippen LogP contribution in [-0.2, 0) is 11.3 Å². The van der Waals surface area contributed by atoms with E-state index in [4.69, 9.17) is 10.00 Å². The molecular weight excluding hydrogens is 186 g/mol. The van der Waals surface area contributed by atoms with Crippen LogP contribution in [0.25, 0.3) is 0 Å². The number of rotatable bonds is 5. The van der Waals surface area contributed by atoms with Crippen LogP contribution in [0.15, 0.2) is 30.3 Å². The number of hydrogen-bond acceptors (Lipinski definition) is 2. The van der Waals surface area contributed by atoms with Crippen LogP contribution >= 0.6 is 0 Å². The Hall–Kier alpha value is -1.33. The van der Waals surface area contributed by atoms with Crippen LogP contribution in [0.3, 0.4) is 0 Å². The van der Waals surface area contributed by atoms with Gasteiger partial charge in [-0.15, -0.1) is 0 Å². The van der Waals surface area contributed by atoms with Crippen LogP contribution < -0.4 is 0 Å². The van der Waals surface area contributed by atoms with Gasteiger partial charge in [0.05, 0.1) is 19.3 Å². The van der Waals surface area contributed by atoms with Crippen molar-refractivity contribution in [1.29, 1.82) is 5.26 Å². The van der Waals surface area contributed by atoms with Crippen molar-refractivity contribution in [2.75, 3.05) is 6.61 Å². The van der Waals surface area contributed by atoms with Crippen LogP contribution in [0.2, 0.25) is 0 Å². The van der Waals surface area contributed by atoms with Crippen molar-refractivity contribution < 1.29 is 4.74 Å². The number of benzene rings is 1. The molecule has 1 aliphatic rings. The lowest BCUT2D eigenvalue weighted by Gasteiger charge is -2.11. The van der Waals surface area contributed by atoms with Gasteiger partial charge in [-0.05, 0) is 18.4 Å². The smallest absolute Gasteiger partial charge is 0.0717 e. The first-order valence-corrected chi connectivity index (χ1v) is 5.33. The molecule has 1 aliphatic carbocycles. The fourth-order valence-corrected chi connectivity index (χ4v) is 1.68. The Morgan fingerprint density at radius 3 is 2.60 bits per heavy atom. The highest BCUT2D eigenvalue weighted by molar-refractivity contribution is 5.13. The predicted molar refractivity (Wildman–Crippen MR) is 58.0 cm³/mol. The zero-order chi connectivity index (χ0) is 10.6. The Morgan fingerprint density at radius 2 is 2.00 bits per heavy atom. The van der Waals surface area contributed by atoms with Crippen molar-refractivity contribution in [3.8, 4) is 6.07 Å². The molecule has 2 nitrogen and oxygen atoms in total. The third-order valence-electron chi connectivity index (χ3n) is 2.93. The van der Waals surface area contributed by atoms with E-state index in [0.29, 0.717) is 13.0 Å². The summed E-state index contributed by atoms with van der Waals surface area (Å²) in [7, 11) is 0. The van der Waals surface area contributed by atoms with Crippen LogP contribution in [0.4, 0.5) is 0 Å². The summed E-state index contributed by atoms with van der Waals surface area (Å²) in [5.41, 5.74) is 1.40. The molecule has 1 saturated carbocycles. The highest BCUT2D eigenvalue weighted by Crippen LogP contribution is 2.48. The third-order valence-corrected chi connectivity index (χ3v) is 2.93. The molecule has 0 aromatic heterocycles. The maximum atomic E-state index is 8.65. The van der Waals surface area contributed by atoms with Gasteiger partial charge >= 0.3 is 0 Å². The Balaban J connectivity index is 1.74. The van der Waals surface area contributed by atoms with Crippen molar-refractivity contribution in [2.24, 2.45) is 5.41 Å². The average molecular weight is 201 g/mol. The fraction of sp³-hybridized carbons (Fsp3) is 0.462. The van der Waals surface area contributed by atoms with Gasteiger partial charge in [0.15, 0.2) is 0 Å². The van der Waals surface area contributed by atoms with E-state index in [1.807, 2.05) is 18.2 Å². The summed E-state index contributed by atoms with van der Waals surface area (Å²) in [4.78, 5) is 0. The van der Waals surface area contributed by atoms with Gasteiger partial charge < -0.3 is 4.74 Å². The van der Waals surface area contributed by atoms with E-state index in [1.54, 1.807) is 0 Å². The van der Waals surface area contributed by atoms with Crippen molar-refractivity contribution in [3.63, 3.8) is 0 Å². The SMILES string of the molecule is N#CCC1(COCc2ccccc2)CC1. The van der Waals surface area contributed by atoms with Gasteiger partial charge in [0.25, 0.3) is 0 Å². The molecule has 15 heavy (non-hydrogen) atoms. The van der Waals surface area contributed by atoms with Crippen molar-refractivity contribution in [3.05, 3.63) is 35.9 Å². The largest absolute Gasteiger partial charge is 0.376 e. The van der Waals surface area contributed by atoms with E-state index in [0.717, 1.165) is 19.4 Å². The molecule has 0 atom stereocenters. The van der Waals surface area contributed by atoms with Crippen molar-refractivity contribution in [2.45, 2.75) is 25.9 Å². The molecule has 0 aliphatic heterocycles. The van der Waals surface area contributed by atoms with Crippen LogP contribution in [0.1, 0.15) is 24.8 Å². The van der Waals surface area contributed by atoms with Crippen molar-refractivity contribution >= 4 is 0 Å². The van der Waals surface area contributed by atoms with E-state index in [9.17, 15) is 0 Å². The fourth-order valence-electron chi connectivity index (χ4n) is 1.68. The number of nitrogens with zero attached hydrogens (tertiary/aromatic N) is 1. The summed E-state index contributed by atoms with van der Waals surface area (Å²) >= 11 is 0. The number of nitriles is 1. The first-order valence-electron chi connectivity index (χ1n) is 5.33. The van der Waals surface area contributed by atoms with Gasteiger partial charge in [-0.25, -0.2) is 0 Å². The minimum absolute atomic E-state index is 0.198. The molecule has 0 saturated heterocycles. The molecule has 0 N–H and O–H groups in total. The van der Waals surface area contributed by atoms with Gasteiger partial charge in [-0.1, -0.05) is 30.3 Å². The molecule has 0 heterocycles. The molecule has 2 heteroatoms. The van der Waals surface area contributed by atoms with Gasteiger partial charge in [-0.2, -0.15) is 5.26 Å². The summed E-state index contributed by atoms with van der Waals surface area (Å²) in [6.45, 7) is 1.39. The first-order chi connectivity index (χ1) is 7.35. The van der Waals surface area contributed by atoms with E-state index >= 15 is 0 Å². The van der Waals surface area contributed by atoms with E-state index < -0.39 is 0 Å². The van der Waals surface area contributed by atoms with Crippen LogP contribution in [-0.4, -0.2) is 6.61 Å². The summed E-state index contributed by atoms with van der Waals surface area (Å²) in [5.74, 6) is 0. The maximum absolute atomic E-state index is 8.65. The lowest BCUT2D eigenvalue weighted by atomic mass is 10.1. The first kappa shape index (κ1) is 10.2. The Labute approximate surface area is 90.5 Å². The van der Waals surface area contributed by atoms with Crippen molar-refractivity contribution in [1.82, 2.24) is 0 Å². The second-order valence-electron chi connectivity index (χ2n) is 4.31. The number of hydrogen-bond donors (Lipinski definition) is 0. The summed E-state index contributed by atoms with van der Waals surface area (Å²) in [6.07, 6.45) is 2.94. The second-order valence-corrected chi connectivity index (χ2v) is 4.31. The average Bonchev–Trinajstić information content (AvgIpc) is 3.00. The second kappa shape index (κ2) is 4.46. The molecule has 0 amide bonds. The molecule has 0 radical (unpaired) electrons. The monoisotopic (exact) mass is 201 g/mol. The molecule has 78 valence electrons. The molecule has 0 unspecified atom stereocenters. The zero-order valence-corrected chi connectivity index (χ0v) is 8.78. The number of ether oxygens (including phenoxy) is 1. The standard InChI is InChI=1S/C13H15NO/c14-9-8-13(6-7-13)11-15-10-12-4-2-1-3-5-12/h1-5H,6-8,10-11H2. The topological polar surface area (TPSA) is 33.0 Å². The maximum Gasteiger partial charge on any atom is 0.0717 e. The molecule has 1 fully saturated rings. The Morgan fingerprint density at radius 1 is 1.27 bits per heavy atom. The van der Waals surface area contributed by atoms with E-state index in [2.05, 4.69) is 18.2 Å². The molecule has 0 bridgehead atoms.